The average Bonchev–Trinajstić information content (AvgIpc) is 3.72. The van der Waals surface area contributed by atoms with E-state index in [0.717, 1.165) is 22.7 Å². The topological polar surface area (TPSA) is 98.6 Å². The molecule has 0 unspecified atom stereocenters. The lowest BCUT2D eigenvalue weighted by atomic mass is 10.1. The van der Waals surface area contributed by atoms with Gasteiger partial charge < -0.3 is 19.7 Å². The molecule has 0 atom stereocenters. The maximum absolute atomic E-state index is 15.3. The summed E-state index contributed by atoms with van der Waals surface area (Å²) in [6, 6.07) is 20.0. The van der Waals surface area contributed by atoms with Gasteiger partial charge in [0.1, 0.15) is 17.2 Å². The molecule has 1 N–H and O–H groups in total. The Morgan fingerprint density at radius 1 is 0.938 bits per heavy atom. The van der Waals surface area contributed by atoms with Crippen molar-refractivity contribution in [3.05, 3.63) is 114 Å². The minimum Gasteiger partial charge on any atom is -0.494 e. The number of methoxy groups -OCH3 is 1. The van der Waals surface area contributed by atoms with E-state index in [0.29, 0.717) is 26.2 Å². The molecule has 0 spiro atoms. The van der Waals surface area contributed by atoms with Crippen molar-refractivity contribution in [3.8, 4) is 33.4 Å². The fraction of sp³-hybridized carbons (Fsp3) is 0.118. The molecule has 2 amide bonds. The summed E-state index contributed by atoms with van der Waals surface area (Å²) in [5, 5.41) is 6.12. The third-order valence-electron chi connectivity index (χ3n) is 7.20. The van der Waals surface area contributed by atoms with E-state index in [1.807, 2.05) is 18.2 Å². The number of halogens is 4. The Morgan fingerprint density at radius 3 is 2.38 bits per heavy atom. The van der Waals surface area contributed by atoms with Gasteiger partial charge in [-0.2, -0.15) is 18.3 Å². The number of nitrogens with one attached hydrogen (secondary N) is 1. The van der Waals surface area contributed by atoms with Gasteiger partial charge in [0.05, 0.1) is 29.1 Å². The lowest BCUT2D eigenvalue weighted by molar-refractivity contribution is -0.143. The van der Waals surface area contributed by atoms with Gasteiger partial charge in [-0.15, -0.1) is 11.3 Å². The number of hydrogen-bond acceptors (Lipinski definition) is 7. The zero-order chi connectivity index (χ0) is 34.2. The molecule has 0 aliphatic heterocycles. The number of carbonyl (C=O) groups excluding carboxylic acids is 2. The van der Waals surface area contributed by atoms with E-state index in [4.69, 9.17) is 9.47 Å². The number of ether oxygens (including phenoxy) is 2. The van der Waals surface area contributed by atoms with Gasteiger partial charge in [0.2, 0.25) is 0 Å². The summed E-state index contributed by atoms with van der Waals surface area (Å²) in [4.78, 5) is 32.0. The van der Waals surface area contributed by atoms with Crippen molar-refractivity contribution in [1.29, 1.82) is 0 Å². The molecule has 3 aromatic carbocycles. The highest BCUT2D eigenvalue weighted by atomic mass is 32.1. The Morgan fingerprint density at radius 2 is 1.69 bits per heavy atom. The van der Waals surface area contributed by atoms with Crippen molar-refractivity contribution in [1.82, 2.24) is 19.7 Å². The smallest absolute Gasteiger partial charge is 0.434 e. The molecule has 48 heavy (non-hydrogen) atoms. The van der Waals surface area contributed by atoms with E-state index in [1.165, 1.54) is 59.9 Å². The highest BCUT2D eigenvalue weighted by Crippen LogP contribution is 2.40. The molecule has 14 heteroatoms. The molecule has 0 fully saturated rings. The first kappa shape index (κ1) is 32.2. The first-order valence-corrected chi connectivity index (χ1v) is 15.0. The normalized spacial score (nSPS) is 11.4. The zero-order valence-electron chi connectivity index (χ0n) is 25.5. The van der Waals surface area contributed by atoms with E-state index >= 15 is 4.39 Å². The molecule has 0 aliphatic rings. The van der Waals surface area contributed by atoms with Crippen LogP contribution in [0.5, 0.6) is 17.2 Å². The predicted octanol–water partition coefficient (Wildman–Crippen LogP) is 8.06. The number of alkyl halides is 3. The summed E-state index contributed by atoms with van der Waals surface area (Å²) in [5.74, 6) is -1.86. The molecule has 0 aliphatic carbocycles. The van der Waals surface area contributed by atoms with E-state index in [-0.39, 0.29) is 28.8 Å². The van der Waals surface area contributed by atoms with Gasteiger partial charge in [0.15, 0.2) is 17.3 Å². The van der Waals surface area contributed by atoms with Gasteiger partial charge >= 0.3 is 6.18 Å². The van der Waals surface area contributed by atoms with E-state index in [9.17, 15) is 22.8 Å². The second kappa shape index (κ2) is 12.8. The number of aromatic nitrogens is 3. The summed E-state index contributed by atoms with van der Waals surface area (Å²) in [6.45, 7) is 0. The molecule has 6 rings (SSSR count). The van der Waals surface area contributed by atoms with Crippen molar-refractivity contribution < 1.29 is 36.6 Å². The SMILES string of the molecule is COc1ccccc1-n1ncc(C(=O)Nc2ccc(Oc3ccnc4cc(-c5ccc(C(=O)N(C)C)cc5)sc34)c(F)c2)c1C(F)(F)F. The largest absolute Gasteiger partial charge is 0.494 e. The number of amides is 2. The van der Waals surface area contributed by atoms with Crippen molar-refractivity contribution in [2.45, 2.75) is 6.18 Å². The molecular formula is C34H25F4N5O4S. The van der Waals surface area contributed by atoms with E-state index < -0.39 is 29.2 Å². The standard InChI is InChI=1S/C34H25F4N5O4S/c1-42(2)33(45)20-10-8-19(9-11-20)29-17-24-30(48-29)28(14-15-39-24)47-26-13-12-21(16-23(26)35)41-32(44)22-18-40-43(31(22)34(36,37)38)25-6-4-5-7-27(25)46-3/h4-18H,1-3H3,(H,41,44). The molecule has 0 radical (unpaired) electrons. The van der Waals surface area contributed by atoms with Crippen molar-refractivity contribution in [2.24, 2.45) is 0 Å². The molecule has 0 saturated heterocycles. The van der Waals surface area contributed by atoms with Gasteiger partial charge in [-0.05, 0) is 48.0 Å². The third kappa shape index (κ3) is 6.29. The summed E-state index contributed by atoms with van der Waals surface area (Å²) in [5.41, 5.74) is -0.188. The van der Waals surface area contributed by atoms with Crippen LogP contribution in [0.1, 0.15) is 26.4 Å². The molecular weight excluding hydrogens is 650 g/mol. The number of anilines is 1. The Kier molecular flexibility index (Phi) is 8.58. The number of rotatable bonds is 8. The Hall–Kier alpha value is -5.76. The third-order valence-corrected chi connectivity index (χ3v) is 8.39. The number of fused-ring (bicyclic) bond motifs is 1. The van der Waals surface area contributed by atoms with Crippen LogP contribution >= 0.6 is 11.3 Å². The van der Waals surface area contributed by atoms with Crippen LogP contribution in [0.2, 0.25) is 0 Å². The number of nitrogens with zero attached hydrogens (tertiary/aromatic N) is 4. The quantitative estimate of drug-likeness (QED) is 0.164. The molecule has 3 aromatic heterocycles. The summed E-state index contributed by atoms with van der Waals surface area (Å²) in [7, 11) is 4.66. The van der Waals surface area contributed by atoms with Crippen LogP contribution in [0.3, 0.4) is 0 Å². The zero-order valence-corrected chi connectivity index (χ0v) is 26.3. The number of carbonyl (C=O) groups is 2. The average molecular weight is 676 g/mol. The molecule has 244 valence electrons. The fourth-order valence-electron chi connectivity index (χ4n) is 4.93. The highest BCUT2D eigenvalue weighted by molar-refractivity contribution is 7.22. The molecule has 0 bridgehead atoms. The predicted molar refractivity (Wildman–Crippen MR) is 173 cm³/mol. The molecule has 0 saturated carbocycles. The van der Waals surface area contributed by atoms with Crippen molar-refractivity contribution in [2.75, 3.05) is 26.5 Å². The van der Waals surface area contributed by atoms with Crippen LogP contribution in [0, 0.1) is 5.82 Å². The van der Waals surface area contributed by atoms with Crippen LogP contribution in [-0.2, 0) is 6.18 Å². The number of benzene rings is 3. The molecule has 3 heterocycles. The van der Waals surface area contributed by atoms with Crippen LogP contribution in [0.25, 0.3) is 26.3 Å². The Bertz CT molecular complexity index is 2160. The van der Waals surface area contributed by atoms with Crippen LogP contribution in [-0.4, -0.2) is 52.7 Å². The Balaban J connectivity index is 1.23. The van der Waals surface area contributed by atoms with E-state index in [2.05, 4.69) is 15.4 Å². The highest BCUT2D eigenvalue weighted by Gasteiger charge is 2.41. The second-order valence-corrected chi connectivity index (χ2v) is 11.7. The van der Waals surface area contributed by atoms with Gasteiger partial charge in [0, 0.05) is 48.6 Å². The van der Waals surface area contributed by atoms with E-state index in [1.54, 1.807) is 38.4 Å². The minimum absolute atomic E-state index is 0.0172. The molecule has 6 aromatic rings. The summed E-state index contributed by atoms with van der Waals surface area (Å²) >= 11 is 1.37. The van der Waals surface area contributed by atoms with Gasteiger partial charge in [-0.25, -0.2) is 9.07 Å². The Labute approximate surface area is 275 Å². The lowest BCUT2D eigenvalue weighted by Gasteiger charge is -2.15. The van der Waals surface area contributed by atoms with Gasteiger partial charge in [-0.3, -0.25) is 14.6 Å². The monoisotopic (exact) mass is 675 g/mol. The van der Waals surface area contributed by atoms with Gasteiger partial charge in [-0.1, -0.05) is 24.3 Å². The minimum atomic E-state index is -4.96. The maximum Gasteiger partial charge on any atom is 0.434 e. The lowest BCUT2D eigenvalue weighted by Crippen LogP contribution is -2.21. The summed E-state index contributed by atoms with van der Waals surface area (Å²) < 4.78 is 70.1. The van der Waals surface area contributed by atoms with Crippen LogP contribution in [0.4, 0.5) is 23.2 Å². The van der Waals surface area contributed by atoms with Crippen molar-refractivity contribution >= 4 is 39.1 Å². The fourth-order valence-corrected chi connectivity index (χ4v) is 6.00. The maximum atomic E-state index is 15.3. The number of thiophene rings is 1. The number of para-hydroxylation sites is 2. The number of pyridine rings is 1. The molecule has 9 nitrogen and oxygen atoms in total. The van der Waals surface area contributed by atoms with Crippen LogP contribution < -0.4 is 14.8 Å². The summed E-state index contributed by atoms with van der Waals surface area (Å²) in [6.07, 6.45) is -2.65. The van der Waals surface area contributed by atoms with Crippen molar-refractivity contribution in [3.63, 3.8) is 0 Å². The first-order valence-electron chi connectivity index (χ1n) is 14.2. The van der Waals surface area contributed by atoms with Gasteiger partial charge in [0.25, 0.3) is 11.8 Å². The van der Waals surface area contributed by atoms with Crippen LogP contribution in [0.15, 0.2) is 91.3 Å². The first-order chi connectivity index (χ1) is 22.9. The number of hydrogen-bond donors (Lipinski definition) is 1. The second-order valence-electron chi connectivity index (χ2n) is 10.6.